The Kier molecular flexibility index (Phi) is 5.85. The molecular formula is C19H19NO2Se. The van der Waals surface area contributed by atoms with Crippen molar-refractivity contribution in [2.24, 2.45) is 0 Å². The molecule has 4 heteroatoms. The molecule has 118 valence electrons. The van der Waals surface area contributed by atoms with Gasteiger partial charge >= 0.3 is 143 Å². The third kappa shape index (κ3) is 4.43. The van der Waals surface area contributed by atoms with Gasteiger partial charge in [0.05, 0.1) is 0 Å². The summed E-state index contributed by atoms with van der Waals surface area (Å²) in [6, 6.07) is 22.6. The first-order valence-corrected chi connectivity index (χ1v) is 9.89. The molecule has 3 nitrogen and oxygen atoms in total. The van der Waals surface area contributed by atoms with Gasteiger partial charge in [-0.15, -0.1) is 0 Å². The van der Waals surface area contributed by atoms with E-state index in [2.05, 4.69) is 18.2 Å². The van der Waals surface area contributed by atoms with Crippen molar-refractivity contribution in [3.63, 3.8) is 0 Å². The van der Waals surface area contributed by atoms with Crippen LogP contribution < -0.4 is 0 Å². The summed E-state index contributed by atoms with van der Waals surface area (Å²) < 4.78 is 12.1. The molecule has 3 atom stereocenters. The predicted molar refractivity (Wildman–Crippen MR) is 90.0 cm³/mol. The topological polar surface area (TPSA) is 42.2 Å². The number of ether oxygens (including phenoxy) is 2. The van der Waals surface area contributed by atoms with Crippen molar-refractivity contribution in [1.82, 2.24) is 0 Å². The van der Waals surface area contributed by atoms with E-state index in [9.17, 15) is 5.26 Å². The molecule has 0 N–H and O–H groups in total. The zero-order chi connectivity index (χ0) is 15.9. The fourth-order valence-corrected chi connectivity index (χ4v) is 5.10. The van der Waals surface area contributed by atoms with Crippen LogP contribution in [0.15, 0.2) is 60.7 Å². The van der Waals surface area contributed by atoms with Crippen molar-refractivity contribution >= 4 is 15.0 Å². The van der Waals surface area contributed by atoms with Gasteiger partial charge in [-0.05, 0) is 0 Å². The molecule has 2 aromatic carbocycles. The van der Waals surface area contributed by atoms with E-state index in [1.807, 2.05) is 48.5 Å². The maximum absolute atomic E-state index is 9.37. The van der Waals surface area contributed by atoms with Gasteiger partial charge in [0.1, 0.15) is 0 Å². The molecule has 0 aliphatic carbocycles. The van der Waals surface area contributed by atoms with Crippen LogP contribution in [-0.4, -0.2) is 27.2 Å². The van der Waals surface area contributed by atoms with E-state index in [0.29, 0.717) is 13.2 Å². The number of hydrogen-bond donors (Lipinski definition) is 0. The molecule has 23 heavy (non-hydrogen) atoms. The van der Waals surface area contributed by atoms with Gasteiger partial charge in [-0.25, -0.2) is 0 Å². The third-order valence-corrected chi connectivity index (χ3v) is 6.45. The molecule has 1 fully saturated rings. The first kappa shape index (κ1) is 16.2. The van der Waals surface area contributed by atoms with Gasteiger partial charge in [-0.3, -0.25) is 0 Å². The van der Waals surface area contributed by atoms with E-state index in [0.717, 1.165) is 16.4 Å². The summed E-state index contributed by atoms with van der Waals surface area (Å²) >= 11 is 0.261. The van der Waals surface area contributed by atoms with Gasteiger partial charge in [0.25, 0.3) is 0 Å². The zero-order valence-corrected chi connectivity index (χ0v) is 14.5. The Morgan fingerprint density at radius 3 is 2.04 bits per heavy atom. The second kappa shape index (κ2) is 8.29. The van der Waals surface area contributed by atoms with E-state index in [4.69, 9.17) is 9.47 Å². The van der Waals surface area contributed by atoms with E-state index < -0.39 is 0 Å². The summed E-state index contributed by atoms with van der Waals surface area (Å²) in [5, 5.41) is 10.3. The quantitative estimate of drug-likeness (QED) is 0.728. The SMILES string of the molecule is N#CC1[Se]C[C@H](OCc2ccccc2)[C@H]1OCc1ccccc1. The molecule has 1 saturated heterocycles. The molecule has 1 heterocycles. The normalized spacial score (nSPS) is 23.5. The Morgan fingerprint density at radius 1 is 0.913 bits per heavy atom. The van der Waals surface area contributed by atoms with Crippen LogP contribution in [0.4, 0.5) is 0 Å². The van der Waals surface area contributed by atoms with Gasteiger partial charge in [0.2, 0.25) is 0 Å². The van der Waals surface area contributed by atoms with Crippen molar-refractivity contribution in [1.29, 1.82) is 5.26 Å². The van der Waals surface area contributed by atoms with Gasteiger partial charge in [-0.2, -0.15) is 0 Å². The molecule has 0 radical (unpaired) electrons. The minimum atomic E-state index is -0.121. The van der Waals surface area contributed by atoms with Crippen LogP contribution in [0, 0.1) is 11.3 Å². The summed E-state index contributed by atoms with van der Waals surface area (Å²) in [4.78, 5) is -0.0213. The first-order valence-electron chi connectivity index (χ1n) is 7.69. The Labute approximate surface area is 143 Å². The van der Waals surface area contributed by atoms with Crippen LogP contribution in [0.3, 0.4) is 0 Å². The molecule has 1 unspecified atom stereocenters. The van der Waals surface area contributed by atoms with Crippen LogP contribution in [0.2, 0.25) is 10.1 Å². The Bertz CT molecular complexity index is 641. The molecular weight excluding hydrogens is 353 g/mol. The summed E-state index contributed by atoms with van der Waals surface area (Å²) in [6.07, 6.45) is -0.104. The Morgan fingerprint density at radius 2 is 1.48 bits per heavy atom. The molecule has 0 spiro atoms. The molecule has 0 saturated carbocycles. The third-order valence-electron chi connectivity index (χ3n) is 3.82. The molecule has 0 aromatic heterocycles. The second-order valence-corrected chi connectivity index (χ2v) is 7.94. The van der Waals surface area contributed by atoms with Crippen molar-refractivity contribution < 1.29 is 9.47 Å². The van der Waals surface area contributed by atoms with Crippen molar-refractivity contribution in [2.45, 2.75) is 35.6 Å². The second-order valence-electron chi connectivity index (χ2n) is 5.48. The van der Waals surface area contributed by atoms with E-state index in [1.165, 1.54) is 0 Å². The van der Waals surface area contributed by atoms with E-state index in [-0.39, 0.29) is 32.0 Å². The molecule has 0 bridgehead atoms. The monoisotopic (exact) mass is 373 g/mol. The zero-order valence-electron chi connectivity index (χ0n) is 12.8. The Balaban J connectivity index is 1.59. The van der Waals surface area contributed by atoms with Crippen LogP contribution in [0.1, 0.15) is 11.1 Å². The summed E-state index contributed by atoms with van der Waals surface area (Å²) in [7, 11) is 0. The van der Waals surface area contributed by atoms with Crippen molar-refractivity contribution in [3.05, 3.63) is 71.8 Å². The van der Waals surface area contributed by atoms with Gasteiger partial charge in [0, 0.05) is 0 Å². The summed E-state index contributed by atoms with van der Waals surface area (Å²) in [6.45, 7) is 1.11. The maximum atomic E-state index is 9.37. The standard InChI is InChI=1S/C19H19NO2Se/c20-11-18-19(22-13-16-9-5-2-6-10-16)17(14-23-18)21-12-15-7-3-1-4-8-15/h1-10,17-19H,12-14H2/t17-,18?,19+/m0/s1. The minimum absolute atomic E-state index is 0.0172. The van der Waals surface area contributed by atoms with Gasteiger partial charge < -0.3 is 0 Å². The number of hydrogen-bond acceptors (Lipinski definition) is 3. The van der Waals surface area contributed by atoms with E-state index >= 15 is 0 Å². The number of nitrogens with zero attached hydrogens (tertiary/aromatic N) is 1. The summed E-state index contributed by atoms with van der Waals surface area (Å²) in [5.74, 6) is 0. The average Bonchev–Trinajstić information content (AvgIpc) is 3.02. The van der Waals surface area contributed by atoms with E-state index in [1.54, 1.807) is 0 Å². The predicted octanol–water partition coefficient (Wildman–Crippen LogP) is 3.61. The van der Waals surface area contributed by atoms with Crippen LogP contribution >= 0.6 is 0 Å². The van der Waals surface area contributed by atoms with Crippen molar-refractivity contribution in [3.8, 4) is 6.07 Å². The number of nitriles is 1. The van der Waals surface area contributed by atoms with Crippen LogP contribution in [-0.2, 0) is 22.7 Å². The summed E-state index contributed by atoms with van der Waals surface area (Å²) in [5.41, 5.74) is 2.28. The van der Waals surface area contributed by atoms with Gasteiger partial charge in [0.15, 0.2) is 0 Å². The van der Waals surface area contributed by atoms with Crippen molar-refractivity contribution in [2.75, 3.05) is 0 Å². The Hall–Kier alpha value is -1.63. The first-order chi connectivity index (χ1) is 11.4. The van der Waals surface area contributed by atoms with Crippen LogP contribution in [0.25, 0.3) is 0 Å². The molecule has 2 aromatic rings. The fourth-order valence-electron chi connectivity index (χ4n) is 2.58. The van der Waals surface area contributed by atoms with Crippen LogP contribution in [0.5, 0.6) is 0 Å². The molecule has 0 amide bonds. The number of benzene rings is 2. The molecule has 1 aliphatic heterocycles. The van der Waals surface area contributed by atoms with Gasteiger partial charge in [-0.1, -0.05) is 0 Å². The number of rotatable bonds is 6. The molecule has 1 aliphatic rings. The molecule has 3 rings (SSSR count). The fraction of sp³-hybridized carbons (Fsp3) is 0.316. The average molecular weight is 372 g/mol.